The second-order valence-corrected chi connectivity index (χ2v) is 11.0. The number of aliphatic hydroxyl groups excluding tert-OH is 4. The van der Waals surface area contributed by atoms with Crippen LogP contribution in [0.4, 0.5) is 0 Å². The van der Waals surface area contributed by atoms with Gasteiger partial charge in [0.05, 0.1) is 77.8 Å². The van der Waals surface area contributed by atoms with Crippen molar-refractivity contribution in [2.24, 2.45) is 0 Å². The van der Waals surface area contributed by atoms with Gasteiger partial charge in [-0.25, -0.2) is 0 Å². The van der Waals surface area contributed by atoms with Crippen LogP contribution in [0.2, 0.25) is 0 Å². The predicted molar refractivity (Wildman–Crippen MR) is 133 cm³/mol. The van der Waals surface area contributed by atoms with Crippen LogP contribution in [-0.2, 0) is 66.4 Å². The van der Waals surface area contributed by atoms with Crippen LogP contribution in [0.1, 0.15) is 0 Å². The van der Waals surface area contributed by atoms with E-state index in [4.69, 9.17) is 61.6 Å². The van der Waals surface area contributed by atoms with E-state index in [0.717, 1.165) is 0 Å². The fourth-order valence-corrected chi connectivity index (χ4v) is 5.67. The molecule has 0 amide bonds. The Hall–Kier alpha value is 4.44. The molecule has 0 unspecified atom stereocenters. The summed E-state index contributed by atoms with van der Waals surface area (Å²) in [6, 6.07) is 0. The molecule has 4 radical (unpaired) electrons. The van der Waals surface area contributed by atoms with E-state index in [9.17, 15) is 25.2 Å². The molecular formula is C26H38O18Pr4-2. The molecule has 264 valence electrons. The number of hydrogen-bond donors (Lipinski definition) is 4. The molecule has 0 aromatic carbocycles. The van der Waals surface area contributed by atoms with Gasteiger partial charge in [0.1, 0.15) is 50.3 Å². The third-order valence-electron chi connectivity index (χ3n) is 8.22. The molecule has 8 saturated heterocycles. The summed E-state index contributed by atoms with van der Waals surface area (Å²) in [4.78, 5) is 12.0. The third-order valence-corrected chi connectivity index (χ3v) is 8.22. The molecule has 18 nitrogen and oxygen atoms in total. The predicted octanol–water partition coefficient (Wildman–Crippen LogP) is -3.90. The summed E-state index contributed by atoms with van der Waals surface area (Å²) >= 11 is 0. The number of carbonyl (C=O) groups excluding carboxylic acids is 1. The number of hydrogen-bond acceptors (Lipinski definition) is 18. The summed E-state index contributed by atoms with van der Waals surface area (Å²) < 4.78 is 68.3. The van der Waals surface area contributed by atoms with Gasteiger partial charge < -0.3 is 82.0 Å². The second-order valence-electron chi connectivity index (χ2n) is 11.0. The quantitative estimate of drug-likeness (QED) is 0.171. The van der Waals surface area contributed by atoms with E-state index in [1.165, 1.54) is 13.6 Å². The first-order valence-electron chi connectivity index (χ1n) is 14.4. The second kappa shape index (κ2) is 22.4. The molecule has 8 rings (SSSR count). The maximum absolute atomic E-state index is 12.0. The number of ketones is 1. The van der Waals surface area contributed by atoms with E-state index in [1.807, 2.05) is 0 Å². The molecule has 0 aromatic rings. The summed E-state index contributed by atoms with van der Waals surface area (Å²) in [7, 11) is 0. The first kappa shape index (κ1) is 48.6. The van der Waals surface area contributed by atoms with Crippen LogP contribution < -0.4 is 0 Å². The van der Waals surface area contributed by atoms with Crippen molar-refractivity contribution in [1.82, 2.24) is 0 Å². The number of Topliss-reactive ketones (excluding diaryl/α,β-unsaturated/α-hetero) is 1. The Bertz CT molecular complexity index is 969. The van der Waals surface area contributed by atoms with Crippen molar-refractivity contribution in [2.45, 2.75) is 66.2 Å². The van der Waals surface area contributed by atoms with Gasteiger partial charge in [-0.2, -0.15) is 0 Å². The fourth-order valence-electron chi connectivity index (χ4n) is 5.67. The monoisotopic (exact) mass is 1200 g/mol. The molecule has 4 N–H and O–H groups in total. The summed E-state index contributed by atoms with van der Waals surface area (Å²) in [6.07, 6.45) is -6.18. The van der Waals surface area contributed by atoms with Crippen LogP contribution in [0.15, 0.2) is 0 Å². The topological polar surface area (TPSA) is 218 Å². The van der Waals surface area contributed by atoms with Crippen LogP contribution in [0.25, 0.3) is 0 Å². The van der Waals surface area contributed by atoms with Crippen molar-refractivity contribution in [3.63, 3.8) is 0 Å². The Morgan fingerprint density at radius 1 is 0.562 bits per heavy atom. The molecule has 22 heteroatoms. The van der Waals surface area contributed by atoms with Crippen molar-refractivity contribution < 1.29 is 252 Å². The third kappa shape index (κ3) is 10.9. The molecule has 3 spiro atoms. The summed E-state index contributed by atoms with van der Waals surface area (Å²) in [5.41, 5.74) is 0. The number of aliphatic hydroxyl groups is 4. The molecule has 8 aliphatic heterocycles. The number of carbonyl (C=O) groups is 1. The molecule has 48 heavy (non-hydrogen) atoms. The Morgan fingerprint density at radius 3 is 1.71 bits per heavy atom. The largest absolute Gasteiger partial charge is 0.519 e. The van der Waals surface area contributed by atoms with E-state index in [1.54, 1.807) is 0 Å². The average Bonchev–Trinajstić information content (AvgIpc) is 3.75. The normalized spacial score (nSPS) is 44.5. The van der Waals surface area contributed by atoms with Crippen LogP contribution in [0.5, 0.6) is 0 Å². The number of ether oxygens (including phenoxy) is 13. The number of rotatable bonds is 0. The minimum absolute atomic E-state index is 0. The van der Waals surface area contributed by atoms with Gasteiger partial charge in [-0.15, -0.1) is 0 Å². The van der Waals surface area contributed by atoms with Gasteiger partial charge >= 0.3 is 0 Å². The summed E-state index contributed by atoms with van der Waals surface area (Å²) in [6.45, 7) is 5.90. The SMILES string of the molecule is O=C1[C@@H]2O[CH-]O[C@@H]2CO[C@]12COCCO2.O[C@@H]1[C@H](O)CO[C@]2(COCCO2)[C@H]1O.O[C@H]1[C@@H]2O[CH-]O[C@@H]2CO[C@]12COCCO2.[Pr].[Pr].[Pr].[Pr]. The zero-order valence-electron chi connectivity index (χ0n) is 26.1. The number of fused-ring (bicyclic) bond motifs is 2. The smallest absolute Gasteiger partial charge is 0.256 e. The van der Waals surface area contributed by atoms with Gasteiger partial charge in [-0.05, 0) is 0 Å². The molecular weight excluding hydrogens is 1160 g/mol. The first-order valence-corrected chi connectivity index (χ1v) is 14.4. The average molecular weight is 1200 g/mol. The summed E-state index contributed by atoms with van der Waals surface area (Å²) in [5.74, 6) is -3.93. The minimum atomic E-state index is -1.31. The Kier molecular flexibility index (Phi) is 22.7. The fraction of sp³-hybridized carbons (Fsp3) is 0.885. The molecule has 8 aliphatic rings. The molecule has 8 heterocycles. The van der Waals surface area contributed by atoms with Crippen molar-refractivity contribution in [2.75, 3.05) is 79.3 Å². The van der Waals surface area contributed by atoms with Crippen molar-refractivity contribution in [3.05, 3.63) is 13.6 Å². The Labute approximate surface area is 409 Å². The summed E-state index contributed by atoms with van der Waals surface area (Å²) in [5, 5.41) is 38.5. The van der Waals surface area contributed by atoms with E-state index in [0.29, 0.717) is 46.2 Å². The van der Waals surface area contributed by atoms with Gasteiger partial charge in [0.2, 0.25) is 17.4 Å². The molecule has 0 aliphatic carbocycles. The van der Waals surface area contributed by atoms with Crippen LogP contribution in [0.3, 0.4) is 0 Å². The molecule has 8 fully saturated rings. The standard InChI is InChI=1S/C9H13O6.C9H11O6.C8H14O6.4Pr/c2*10-8-7-6(12-5-13-7)3-15-9(8)4-11-1-2-14-9;9-5-3-14-8(7(11)6(5)10)4-12-1-2-13-8;;;;/h5-8,10H,1-4H2;5-7H,1-4H2;5-7,9-11H,1-4H2;;;;/q2*-1;;;;;/t6-,7-,8+,9-;6-,7-,9-;5-,6-,7+,8-;;;;/m111..../s1. The van der Waals surface area contributed by atoms with Gasteiger partial charge in [0.15, 0.2) is 0 Å². The molecule has 0 aromatic heterocycles. The van der Waals surface area contributed by atoms with Crippen LogP contribution >= 0.6 is 0 Å². The minimum Gasteiger partial charge on any atom is -0.519 e. The van der Waals surface area contributed by atoms with Gasteiger partial charge in [0, 0.05) is 165 Å². The van der Waals surface area contributed by atoms with Gasteiger partial charge in [-0.3, -0.25) is 4.79 Å². The van der Waals surface area contributed by atoms with Crippen molar-refractivity contribution in [3.8, 4) is 0 Å². The van der Waals surface area contributed by atoms with E-state index in [-0.39, 0.29) is 216 Å². The zero-order valence-corrected chi connectivity index (χ0v) is 40.9. The van der Waals surface area contributed by atoms with E-state index < -0.39 is 54.0 Å². The Balaban J connectivity index is 0.000000240. The zero-order chi connectivity index (χ0) is 30.8. The molecule has 0 saturated carbocycles. The van der Waals surface area contributed by atoms with E-state index >= 15 is 0 Å². The van der Waals surface area contributed by atoms with Gasteiger partial charge in [-0.1, -0.05) is 13.6 Å². The van der Waals surface area contributed by atoms with Crippen molar-refractivity contribution >= 4 is 5.78 Å². The van der Waals surface area contributed by atoms with Crippen LogP contribution in [-0.4, -0.2) is 172 Å². The van der Waals surface area contributed by atoms with Crippen LogP contribution in [0, 0.1) is 179 Å². The maximum Gasteiger partial charge on any atom is 0.256 e. The van der Waals surface area contributed by atoms with Gasteiger partial charge in [0.25, 0.3) is 5.79 Å². The van der Waals surface area contributed by atoms with E-state index in [2.05, 4.69) is 0 Å². The van der Waals surface area contributed by atoms with Crippen molar-refractivity contribution in [1.29, 1.82) is 0 Å². The molecule has 0 bridgehead atoms. The first-order chi connectivity index (χ1) is 21.3. The maximum atomic E-state index is 12.0. The Morgan fingerprint density at radius 2 is 1.10 bits per heavy atom. The molecule has 11 atom stereocenters.